The molecule has 1 fully saturated rings. The first-order valence-electron chi connectivity index (χ1n) is 4.02. The van der Waals surface area contributed by atoms with Crippen molar-refractivity contribution in [2.24, 2.45) is 11.5 Å². The smallest absolute Gasteiger partial charge is 0.236 e. The summed E-state index contributed by atoms with van der Waals surface area (Å²) in [6.45, 7) is 0.396. The van der Waals surface area contributed by atoms with Gasteiger partial charge in [-0.3, -0.25) is 4.79 Å². The van der Waals surface area contributed by atoms with Gasteiger partial charge in [0.1, 0.15) is 6.17 Å². The number of rotatable bonds is 2. The zero-order valence-electron chi connectivity index (χ0n) is 6.87. The van der Waals surface area contributed by atoms with Gasteiger partial charge in [0.2, 0.25) is 5.91 Å². The predicted molar refractivity (Wildman–Crippen MR) is 43.1 cm³/mol. The fourth-order valence-electron chi connectivity index (χ4n) is 1.51. The maximum Gasteiger partial charge on any atom is 0.236 e. The first-order valence-corrected chi connectivity index (χ1v) is 4.02. The van der Waals surface area contributed by atoms with Crippen molar-refractivity contribution in [3.63, 3.8) is 0 Å². The molecule has 1 aliphatic rings. The number of nitrogens with zero attached hydrogens (tertiary/aromatic N) is 1. The maximum absolute atomic E-state index is 12.8. The van der Waals surface area contributed by atoms with Crippen molar-refractivity contribution in [1.29, 1.82) is 0 Å². The largest absolute Gasteiger partial charge is 0.334 e. The highest BCUT2D eigenvalue weighted by Crippen LogP contribution is 2.19. The molecule has 0 radical (unpaired) electrons. The Labute approximate surface area is 70.7 Å². The Balaban J connectivity index is 2.57. The molecule has 1 rings (SSSR count). The third-order valence-electron chi connectivity index (χ3n) is 2.13. The molecule has 4 nitrogen and oxygen atoms in total. The summed E-state index contributed by atoms with van der Waals surface area (Å²) >= 11 is 0. The van der Waals surface area contributed by atoms with Crippen molar-refractivity contribution in [2.45, 2.75) is 18.6 Å². The highest BCUT2D eigenvalue weighted by atomic mass is 19.1. The maximum atomic E-state index is 12.8. The lowest BCUT2D eigenvalue weighted by atomic mass is 10.2. The highest BCUT2D eigenvalue weighted by molar-refractivity contribution is 5.78. The summed E-state index contributed by atoms with van der Waals surface area (Å²) in [6.07, 6.45) is -0.587. The molecular weight excluding hydrogens is 161 g/mol. The Morgan fingerprint density at radius 2 is 2.25 bits per heavy atom. The first kappa shape index (κ1) is 9.41. The normalized spacial score (nSPS) is 29.4. The van der Waals surface area contributed by atoms with Crippen LogP contribution in [0.3, 0.4) is 0 Å². The Kier molecular flexibility index (Phi) is 2.99. The molecular formula is C7H14FN3O. The highest BCUT2D eigenvalue weighted by Gasteiger charge is 2.33. The zero-order chi connectivity index (χ0) is 9.14. The molecule has 0 aromatic heterocycles. The summed E-state index contributed by atoms with van der Waals surface area (Å²) in [4.78, 5) is 12.5. The SMILES string of the molecule is NCC(=O)N1C[C@@H](F)C[C@H]1CN. The average molecular weight is 175 g/mol. The monoisotopic (exact) mass is 175 g/mol. The van der Waals surface area contributed by atoms with Gasteiger partial charge in [-0.15, -0.1) is 0 Å². The summed E-state index contributed by atoms with van der Waals surface area (Å²) in [7, 11) is 0. The molecule has 12 heavy (non-hydrogen) atoms. The lowest BCUT2D eigenvalue weighted by Gasteiger charge is -2.21. The van der Waals surface area contributed by atoms with Crippen LogP contribution in [-0.2, 0) is 4.79 Å². The van der Waals surface area contributed by atoms with Gasteiger partial charge in [0, 0.05) is 19.0 Å². The van der Waals surface area contributed by atoms with E-state index in [2.05, 4.69) is 0 Å². The van der Waals surface area contributed by atoms with Gasteiger partial charge in [-0.25, -0.2) is 4.39 Å². The number of nitrogens with two attached hydrogens (primary N) is 2. The Hall–Kier alpha value is -0.680. The fraction of sp³-hybridized carbons (Fsp3) is 0.857. The molecule has 0 spiro atoms. The van der Waals surface area contributed by atoms with Crippen LogP contribution in [0.1, 0.15) is 6.42 Å². The van der Waals surface area contributed by atoms with Crippen LogP contribution in [0.15, 0.2) is 0 Å². The average Bonchev–Trinajstić information content (AvgIpc) is 2.45. The minimum absolute atomic E-state index is 0.0663. The number of carbonyl (C=O) groups is 1. The molecule has 1 saturated heterocycles. The van der Waals surface area contributed by atoms with Crippen LogP contribution in [0, 0.1) is 0 Å². The van der Waals surface area contributed by atoms with Crippen molar-refractivity contribution < 1.29 is 9.18 Å². The number of carbonyl (C=O) groups excluding carboxylic acids is 1. The second kappa shape index (κ2) is 3.82. The molecule has 1 heterocycles. The summed E-state index contributed by atoms with van der Waals surface area (Å²) in [5.41, 5.74) is 10.5. The van der Waals surface area contributed by atoms with E-state index in [0.29, 0.717) is 13.0 Å². The lowest BCUT2D eigenvalue weighted by Crippen LogP contribution is -2.43. The summed E-state index contributed by atoms with van der Waals surface area (Å²) in [6, 6.07) is -0.156. The van der Waals surface area contributed by atoms with E-state index >= 15 is 0 Å². The number of hydrogen-bond donors (Lipinski definition) is 2. The van der Waals surface area contributed by atoms with Crippen LogP contribution in [0.4, 0.5) is 4.39 Å². The number of amides is 1. The number of hydrogen-bond acceptors (Lipinski definition) is 3. The van der Waals surface area contributed by atoms with Crippen LogP contribution >= 0.6 is 0 Å². The van der Waals surface area contributed by atoms with Crippen LogP contribution in [0.2, 0.25) is 0 Å². The third kappa shape index (κ3) is 1.73. The first-order chi connectivity index (χ1) is 5.69. The van der Waals surface area contributed by atoms with Crippen molar-refractivity contribution in [3.8, 4) is 0 Å². The van der Waals surface area contributed by atoms with Gasteiger partial charge < -0.3 is 16.4 Å². The molecule has 1 aliphatic heterocycles. The molecule has 0 saturated carbocycles. The van der Waals surface area contributed by atoms with Gasteiger partial charge >= 0.3 is 0 Å². The van der Waals surface area contributed by atoms with Gasteiger partial charge in [0.25, 0.3) is 0 Å². The van der Waals surface area contributed by atoms with Gasteiger partial charge in [-0.1, -0.05) is 0 Å². The number of halogens is 1. The molecule has 1 amide bonds. The Bertz CT molecular complexity index is 176. The van der Waals surface area contributed by atoms with E-state index in [0.717, 1.165) is 0 Å². The molecule has 4 N–H and O–H groups in total. The van der Waals surface area contributed by atoms with E-state index in [1.165, 1.54) is 4.90 Å². The Morgan fingerprint density at radius 3 is 2.75 bits per heavy atom. The van der Waals surface area contributed by atoms with Gasteiger partial charge in [-0.05, 0) is 0 Å². The van der Waals surface area contributed by atoms with E-state index in [-0.39, 0.29) is 25.0 Å². The van der Waals surface area contributed by atoms with Crippen molar-refractivity contribution in [3.05, 3.63) is 0 Å². The van der Waals surface area contributed by atoms with Gasteiger partial charge in [0.05, 0.1) is 13.1 Å². The molecule has 5 heteroatoms. The van der Waals surface area contributed by atoms with E-state index < -0.39 is 6.17 Å². The van der Waals surface area contributed by atoms with Crippen LogP contribution in [0.5, 0.6) is 0 Å². The predicted octanol–water partition coefficient (Wildman–Crippen LogP) is -1.16. The summed E-state index contributed by atoms with van der Waals surface area (Å²) in [5, 5.41) is 0. The van der Waals surface area contributed by atoms with Gasteiger partial charge in [0.15, 0.2) is 0 Å². The second-order valence-corrected chi connectivity index (χ2v) is 2.97. The van der Waals surface area contributed by atoms with E-state index in [4.69, 9.17) is 11.5 Å². The van der Waals surface area contributed by atoms with Crippen molar-refractivity contribution >= 4 is 5.91 Å². The van der Waals surface area contributed by atoms with Crippen LogP contribution in [-0.4, -0.2) is 42.7 Å². The van der Waals surface area contributed by atoms with E-state index in [9.17, 15) is 9.18 Å². The molecule has 2 atom stereocenters. The minimum Gasteiger partial charge on any atom is -0.334 e. The quantitative estimate of drug-likeness (QED) is 0.556. The third-order valence-corrected chi connectivity index (χ3v) is 2.13. The summed E-state index contributed by atoms with van der Waals surface area (Å²) in [5.74, 6) is -0.217. The Morgan fingerprint density at radius 1 is 1.58 bits per heavy atom. The standard InChI is InChI=1S/C7H14FN3O/c8-5-1-6(2-9)11(4-5)7(12)3-10/h5-6H,1-4,9-10H2/t5-,6-/m0/s1. The second-order valence-electron chi connectivity index (χ2n) is 2.97. The molecule has 0 aliphatic carbocycles. The molecule has 0 aromatic rings. The number of alkyl halides is 1. The van der Waals surface area contributed by atoms with Gasteiger partial charge in [-0.2, -0.15) is 0 Å². The lowest BCUT2D eigenvalue weighted by molar-refractivity contribution is -0.130. The molecule has 70 valence electrons. The minimum atomic E-state index is -0.936. The van der Waals surface area contributed by atoms with E-state index in [1.54, 1.807) is 0 Å². The fourth-order valence-corrected chi connectivity index (χ4v) is 1.51. The van der Waals surface area contributed by atoms with Crippen LogP contribution in [0.25, 0.3) is 0 Å². The van der Waals surface area contributed by atoms with Crippen molar-refractivity contribution in [2.75, 3.05) is 19.6 Å². The van der Waals surface area contributed by atoms with Crippen molar-refractivity contribution in [1.82, 2.24) is 4.90 Å². The zero-order valence-corrected chi connectivity index (χ0v) is 6.87. The molecule has 0 bridgehead atoms. The summed E-state index contributed by atoms with van der Waals surface area (Å²) < 4.78 is 12.8. The topological polar surface area (TPSA) is 72.4 Å². The van der Waals surface area contributed by atoms with E-state index in [1.807, 2.05) is 0 Å². The molecule has 0 aromatic carbocycles. The van der Waals surface area contributed by atoms with Crippen LogP contribution < -0.4 is 11.5 Å². The number of likely N-dealkylation sites (tertiary alicyclic amines) is 1. The molecule has 0 unspecified atom stereocenters.